The minimum atomic E-state index is -0.766. The Kier molecular flexibility index (Phi) is 5.34. The van der Waals surface area contributed by atoms with Gasteiger partial charge in [0.2, 0.25) is 6.10 Å². The average molecular weight is 398 g/mol. The Bertz CT molecular complexity index is 921. The third kappa shape index (κ3) is 3.62. The lowest BCUT2D eigenvalue weighted by Gasteiger charge is -2.25. The van der Waals surface area contributed by atoms with Crippen LogP contribution in [0.1, 0.15) is 33.6 Å². The first kappa shape index (κ1) is 18.6. The second-order valence-corrected chi connectivity index (χ2v) is 7.87. The first-order valence-corrected chi connectivity index (χ1v) is 10.2. The molecule has 0 saturated carbocycles. The molecule has 28 heavy (non-hydrogen) atoms. The van der Waals surface area contributed by atoms with Crippen LogP contribution in [0, 0.1) is 0 Å². The number of aryl methyl sites for hydroxylation is 1. The van der Waals surface area contributed by atoms with Gasteiger partial charge < -0.3 is 20.1 Å². The molecule has 1 aromatic heterocycles. The molecule has 1 aromatic carbocycles. The molecular weight excluding hydrogens is 376 g/mol. The second kappa shape index (κ2) is 8.06. The third-order valence-electron chi connectivity index (χ3n) is 4.84. The van der Waals surface area contributed by atoms with Crippen molar-refractivity contribution < 1.29 is 19.1 Å². The van der Waals surface area contributed by atoms with Crippen molar-refractivity contribution in [2.75, 3.05) is 18.5 Å². The maximum atomic E-state index is 12.8. The van der Waals surface area contributed by atoms with Crippen molar-refractivity contribution in [2.45, 2.75) is 31.8 Å². The van der Waals surface area contributed by atoms with Gasteiger partial charge in [-0.1, -0.05) is 18.2 Å². The normalized spacial score (nSPS) is 17.4. The summed E-state index contributed by atoms with van der Waals surface area (Å²) >= 11 is 1.49. The van der Waals surface area contributed by atoms with E-state index in [1.807, 2.05) is 12.1 Å². The van der Waals surface area contributed by atoms with Gasteiger partial charge in [0.1, 0.15) is 11.6 Å². The van der Waals surface area contributed by atoms with Crippen LogP contribution < -0.4 is 20.1 Å². The number of hydrogen-bond donors (Lipinski definition) is 2. The van der Waals surface area contributed by atoms with Crippen molar-refractivity contribution in [2.24, 2.45) is 0 Å². The molecule has 0 unspecified atom stereocenters. The molecular formula is C21H22N2O4S. The van der Waals surface area contributed by atoms with E-state index in [2.05, 4.69) is 17.2 Å². The van der Waals surface area contributed by atoms with Crippen LogP contribution >= 0.6 is 11.3 Å². The molecule has 0 saturated heterocycles. The molecule has 2 aromatic rings. The molecule has 2 aliphatic rings. The molecule has 1 aliphatic heterocycles. The summed E-state index contributed by atoms with van der Waals surface area (Å²) in [6.45, 7) is 4.15. The number of amides is 2. The average Bonchev–Trinajstić information content (AvgIpc) is 3.09. The lowest BCUT2D eigenvalue weighted by molar-refractivity contribution is -0.125. The first-order chi connectivity index (χ1) is 13.7. The zero-order chi connectivity index (χ0) is 19.5. The van der Waals surface area contributed by atoms with Gasteiger partial charge >= 0.3 is 0 Å². The zero-order valence-corrected chi connectivity index (χ0v) is 16.3. The highest BCUT2D eigenvalue weighted by Gasteiger charge is 2.31. The fraction of sp³-hybridized carbons (Fsp3) is 0.333. The summed E-state index contributed by atoms with van der Waals surface area (Å²) in [5.41, 5.74) is 1.63. The van der Waals surface area contributed by atoms with Crippen molar-refractivity contribution >= 4 is 28.2 Å². The highest BCUT2D eigenvalue weighted by atomic mass is 32.1. The Labute approximate surface area is 167 Å². The quantitative estimate of drug-likeness (QED) is 0.758. The van der Waals surface area contributed by atoms with E-state index in [0.717, 1.165) is 31.2 Å². The van der Waals surface area contributed by atoms with E-state index in [9.17, 15) is 9.59 Å². The fourth-order valence-corrected chi connectivity index (χ4v) is 4.78. The highest BCUT2D eigenvalue weighted by molar-refractivity contribution is 7.17. The van der Waals surface area contributed by atoms with Gasteiger partial charge in [-0.3, -0.25) is 9.59 Å². The number of thiophene rings is 1. The van der Waals surface area contributed by atoms with Gasteiger partial charge in [0.25, 0.3) is 11.8 Å². The van der Waals surface area contributed by atoms with Crippen molar-refractivity contribution in [3.8, 4) is 11.5 Å². The Morgan fingerprint density at radius 1 is 1.21 bits per heavy atom. The van der Waals surface area contributed by atoms with Crippen LogP contribution in [-0.4, -0.2) is 31.1 Å². The summed E-state index contributed by atoms with van der Waals surface area (Å²) < 4.78 is 11.4. The van der Waals surface area contributed by atoms with Gasteiger partial charge in [-0.2, -0.15) is 0 Å². The van der Waals surface area contributed by atoms with Gasteiger partial charge in [0.15, 0.2) is 11.5 Å². The lowest BCUT2D eigenvalue weighted by Crippen LogP contribution is -2.40. The SMILES string of the molecule is C=CCNC(=O)c1c(NC(=O)[C@@H]2COc3ccccc3O2)sc2c1CCCC2. The first-order valence-electron chi connectivity index (χ1n) is 9.40. The minimum Gasteiger partial charge on any atom is -0.485 e. The summed E-state index contributed by atoms with van der Waals surface area (Å²) in [5, 5.41) is 6.33. The Hall–Kier alpha value is -2.80. The molecule has 4 rings (SSSR count). The van der Waals surface area contributed by atoms with Crippen LogP contribution in [0.2, 0.25) is 0 Å². The standard InChI is InChI=1S/C21H22N2O4S/c1-2-11-22-20(25)18-13-7-3-6-10-17(13)28-21(18)23-19(24)16-12-26-14-8-4-5-9-15(14)27-16/h2,4-5,8-9,16H,1,3,6-7,10-12H2,(H,22,25)(H,23,24)/t16-/m0/s1. The summed E-state index contributed by atoms with van der Waals surface area (Å²) in [6, 6.07) is 7.26. The molecule has 146 valence electrons. The number of carbonyl (C=O) groups is 2. The van der Waals surface area contributed by atoms with E-state index < -0.39 is 6.10 Å². The van der Waals surface area contributed by atoms with Crippen molar-refractivity contribution in [1.29, 1.82) is 0 Å². The number of rotatable bonds is 5. The Morgan fingerprint density at radius 3 is 2.82 bits per heavy atom. The van der Waals surface area contributed by atoms with Crippen molar-refractivity contribution in [3.05, 3.63) is 52.9 Å². The van der Waals surface area contributed by atoms with E-state index in [0.29, 0.717) is 28.6 Å². The number of benzene rings is 1. The van der Waals surface area contributed by atoms with Crippen LogP contribution in [0.15, 0.2) is 36.9 Å². The number of para-hydroxylation sites is 2. The fourth-order valence-electron chi connectivity index (χ4n) is 3.49. The second-order valence-electron chi connectivity index (χ2n) is 6.77. The molecule has 1 aliphatic carbocycles. The molecule has 1 atom stereocenters. The van der Waals surface area contributed by atoms with Crippen LogP contribution in [-0.2, 0) is 17.6 Å². The predicted molar refractivity (Wildman–Crippen MR) is 108 cm³/mol. The monoisotopic (exact) mass is 398 g/mol. The summed E-state index contributed by atoms with van der Waals surface area (Å²) in [4.78, 5) is 26.7. The number of fused-ring (bicyclic) bond motifs is 2. The number of anilines is 1. The van der Waals surface area contributed by atoms with E-state index in [4.69, 9.17) is 9.47 Å². The molecule has 0 bridgehead atoms. The maximum absolute atomic E-state index is 12.8. The van der Waals surface area contributed by atoms with Gasteiger partial charge in [-0.25, -0.2) is 0 Å². The minimum absolute atomic E-state index is 0.131. The van der Waals surface area contributed by atoms with Crippen LogP contribution in [0.5, 0.6) is 11.5 Å². The van der Waals surface area contributed by atoms with Crippen molar-refractivity contribution in [3.63, 3.8) is 0 Å². The molecule has 0 spiro atoms. The van der Waals surface area contributed by atoms with Crippen LogP contribution in [0.4, 0.5) is 5.00 Å². The molecule has 2 heterocycles. The van der Waals surface area contributed by atoms with Crippen LogP contribution in [0.3, 0.4) is 0 Å². The molecule has 0 fully saturated rings. The lowest BCUT2D eigenvalue weighted by atomic mass is 9.95. The van der Waals surface area contributed by atoms with Gasteiger partial charge in [-0.15, -0.1) is 17.9 Å². The molecule has 2 amide bonds. The predicted octanol–water partition coefficient (Wildman–Crippen LogP) is 3.32. The van der Waals surface area contributed by atoms with Crippen molar-refractivity contribution in [1.82, 2.24) is 5.32 Å². The van der Waals surface area contributed by atoms with Gasteiger partial charge in [0.05, 0.1) is 5.56 Å². The summed E-state index contributed by atoms with van der Waals surface area (Å²) in [5.74, 6) is 0.678. The third-order valence-corrected chi connectivity index (χ3v) is 6.05. The Morgan fingerprint density at radius 2 is 2.00 bits per heavy atom. The summed E-state index contributed by atoms with van der Waals surface area (Å²) in [6.07, 6.45) is 4.82. The number of nitrogens with one attached hydrogen (secondary N) is 2. The van der Waals surface area contributed by atoms with E-state index >= 15 is 0 Å². The highest BCUT2D eigenvalue weighted by Crippen LogP contribution is 2.38. The summed E-state index contributed by atoms with van der Waals surface area (Å²) in [7, 11) is 0. The van der Waals surface area contributed by atoms with Gasteiger partial charge in [0, 0.05) is 11.4 Å². The number of carbonyl (C=O) groups excluding carboxylic acids is 2. The zero-order valence-electron chi connectivity index (χ0n) is 15.5. The topological polar surface area (TPSA) is 76.7 Å². The van der Waals surface area contributed by atoms with Gasteiger partial charge in [-0.05, 0) is 43.4 Å². The van der Waals surface area contributed by atoms with E-state index in [-0.39, 0.29) is 18.4 Å². The van der Waals surface area contributed by atoms with Crippen LogP contribution in [0.25, 0.3) is 0 Å². The molecule has 0 radical (unpaired) electrons. The number of ether oxygens (including phenoxy) is 2. The smallest absolute Gasteiger partial charge is 0.269 e. The number of hydrogen-bond acceptors (Lipinski definition) is 5. The largest absolute Gasteiger partial charge is 0.485 e. The maximum Gasteiger partial charge on any atom is 0.269 e. The molecule has 7 heteroatoms. The molecule has 6 nitrogen and oxygen atoms in total. The Balaban J connectivity index is 1.55. The van der Waals surface area contributed by atoms with E-state index in [1.165, 1.54) is 16.2 Å². The molecule has 2 N–H and O–H groups in total. The van der Waals surface area contributed by atoms with E-state index in [1.54, 1.807) is 18.2 Å².